The molecule has 0 bridgehead atoms. The first-order valence-electron chi connectivity index (χ1n) is 5.80. The zero-order valence-corrected chi connectivity index (χ0v) is 12.9. The number of methoxy groups -OCH3 is 1. The first-order chi connectivity index (χ1) is 8.47. The molecular weight excluding hydrogens is 292 g/mol. The summed E-state index contributed by atoms with van der Waals surface area (Å²) in [6.07, 6.45) is 0. The van der Waals surface area contributed by atoms with Crippen LogP contribution in [-0.4, -0.2) is 16.7 Å². The number of benzene rings is 1. The van der Waals surface area contributed by atoms with E-state index in [0.717, 1.165) is 21.9 Å². The zero-order chi connectivity index (χ0) is 13.4. The topological polar surface area (TPSA) is 27.1 Å². The van der Waals surface area contributed by atoms with Crippen molar-refractivity contribution in [2.45, 2.75) is 20.8 Å². The number of halogens is 1. The smallest absolute Gasteiger partial charge is 0.132 e. The van der Waals surface area contributed by atoms with Crippen LogP contribution in [0.2, 0.25) is 0 Å². The summed E-state index contributed by atoms with van der Waals surface area (Å²) in [5.74, 6) is 1.91. The van der Waals surface area contributed by atoms with Crippen molar-refractivity contribution in [2.24, 2.45) is 7.05 Å². The van der Waals surface area contributed by atoms with E-state index >= 15 is 0 Å². The molecular formula is C14H17BrN2O. The van der Waals surface area contributed by atoms with E-state index in [1.807, 2.05) is 20.0 Å². The molecule has 0 amide bonds. The van der Waals surface area contributed by atoms with Crippen molar-refractivity contribution in [1.82, 2.24) is 9.55 Å². The second-order valence-electron chi connectivity index (χ2n) is 4.42. The fraction of sp³-hybridized carbons (Fsp3) is 0.357. The van der Waals surface area contributed by atoms with Crippen molar-refractivity contribution in [3.8, 4) is 17.0 Å². The molecule has 0 N–H and O–H groups in total. The minimum Gasteiger partial charge on any atom is -0.496 e. The molecule has 0 unspecified atom stereocenters. The predicted octanol–water partition coefficient (Wildman–Crippen LogP) is 3.78. The largest absolute Gasteiger partial charge is 0.496 e. The molecule has 1 aromatic heterocycles. The zero-order valence-electron chi connectivity index (χ0n) is 11.3. The van der Waals surface area contributed by atoms with Gasteiger partial charge >= 0.3 is 0 Å². The van der Waals surface area contributed by atoms with Gasteiger partial charge in [-0.2, -0.15) is 0 Å². The molecule has 0 saturated heterocycles. The molecule has 0 aliphatic heterocycles. The van der Waals surface area contributed by atoms with Crippen molar-refractivity contribution < 1.29 is 4.74 Å². The van der Waals surface area contributed by atoms with Crippen molar-refractivity contribution in [1.29, 1.82) is 0 Å². The van der Waals surface area contributed by atoms with Gasteiger partial charge in [0, 0.05) is 12.6 Å². The highest BCUT2D eigenvalue weighted by Crippen LogP contribution is 2.34. The third-order valence-electron chi connectivity index (χ3n) is 3.49. The van der Waals surface area contributed by atoms with Crippen LogP contribution in [0.5, 0.6) is 5.75 Å². The molecule has 2 aromatic rings. The molecule has 2 rings (SSSR count). The Morgan fingerprint density at radius 3 is 2.33 bits per heavy atom. The number of hydrogen-bond donors (Lipinski definition) is 0. The maximum Gasteiger partial charge on any atom is 0.132 e. The Bertz CT molecular complexity index is 602. The summed E-state index contributed by atoms with van der Waals surface area (Å²) < 4.78 is 8.33. The molecule has 96 valence electrons. The highest BCUT2D eigenvalue weighted by atomic mass is 79.9. The molecule has 0 saturated carbocycles. The van der Waals surface area contributed by atoms with Crippen LogP contribution in [0.25, 0.3) is 11.3 Å². The van der Waals surface area contributed by atoms with Gasteiger partial charge in [-0.15, -0.1) is 0 Å². The van der Waals surface area contributed by atoms with Crippen LogP contribution in [-0.2, 0) is 7.05 Å². The van der Waals surface area contributed by atoms with Gasteiger partial charge in [-0.25, -0.2) is 4.98 Å². The fourth-order valence-corrected chi connectivity index (χ4v) is 2.87. The Labute approximate surface area is 116 Å². The summed E-state index contributed by atoms with van der Waals surface area (Å²) in [5.41, 5.74) is 4.68. The van der Waals surface area contributed by atoms with Crippen LogP contribution < -0.4 is 4.74 Å². The molecule has 4 heteroatoms. The van der Waals surface area contributed by atoms with Gasteiger partial charge in [0.25, 0.3) is 0 Å². The van der Waals surface area contributed by atoms with Crippen LogP contribution in [0.4, 0.5) is 0 Å². The van der Waals surface area contributed by atoms with E-state index in [1.54, 1.807) is 7.11 Å². The lowest BCUT2D eigenvalue weighted by Gasteiger charge is -2.13. The second-order valence-corrected chi connectivity index (χ2v) is 5.17. The minimum atomic E-state index is 0.884. The molecule has 0 radical (unpaired) electrons. The van der Waals surface area contributed by atoms with Gasteiger partial charge in [0.1, 0.15) is 16.2 Å². The maximum absolute atomic E-state index is 5.35. The summed E-state index contributed by atoms with van der Waals surface area (Å²) in [6, 6.07) is 4.09. The summed E-state index contributed by atoms with van der Waals surface area (Å²) in [5, 5.41) is 0. The third kappa shape index (κ3) is 1.94. The summed E-state index contributed by atoms with van der Waals surface area (Å²) in [6.45, 7) is 6.19. The Morgan fingerprint density at radius 1 is 1.17 bits per heavy atom. The van der Waals surface area contributed by atoms with E-state index < -0.39 is 0 Å². The number of imidazole rings is 1. The van der Waals surface area contributed by atoms with Crippen LogP contribution in [0.3, 0.4) is 0 Å². The van der Waals surface area contributed by atoms with Crippen LogP contribution in [0.15, 0.2) is 16.7 Å². The highest BCUT2D eigenvalue weighted by molar-refractivity contribution is 9.10. The summed E-state index contributed by atoms with van der Waals surface area (Å²) in [4.78, 5) is 4.45. The predicted molar refractivity (Wildman–Crippen MR) is 77.1 cm³/mol. The Kier molecular flexibility index (Phi) is 3.48. The molecule has 0 fully saturated rings. The molecule has 1 heterocycles. The van der Waals surface area contributed by atoms with E-state index in [-0.39, 0.29) is 0 Å². The summed E-state index contributed by atoms with van der Waals surface area (Å²) >= 11 is 3.54. The van der Waals surface area contributed by atoms with E-state index in [1.165, 1.54) is 16.7 Å². The van der Waals surface area contributed by atoms with Crippen molar-refractivity contribution in [3.05, 3.63) is 33.7 Å². The second kappa shape index (κ2) is 4.76. The number of ether oxygens (including phenoxy) is 1. The normalized spacial score (nSPS) is 10.8. The molecule has 0 spiro atoms. The van der Waals surface area contributed by atoms with Gasteiger partial charge in [0.05, 0.1) is 12.8 Å². The number of aromatic nitrogens is 2. The van der Waals surface area contributed by atoms with E-state index in [2.05, 4.69) is 45.4 Å². The average molecular weight is 309 g/mol. The maximum atomic E-state index is 5.35. The van der Waals surface area contributed by atoms with E-state index in [9.17, 15) is 0 Å². The fourth-order valence-electron chi connectivity index (χ4n) is 2.14. The first kappa shape index (κ1) is 13.1. The highest BCUT2D eigenvalue weighted by Gasteiger charge is 2.16. The van der Waals surface area contributed by atoms with Gasteiger partial charge in [-0.05, 0) is 60.0 Å². The van der Waals surface area contributed by atoms with Crippen LogP contribution in [0.1, 0.15) is 17.0 Å². The van der Waals surface area contributed by atoms with Gasteiger partial charge in [0.2, 0.25) is 0 Å². The van der Waals surface area contributed by atoms with Crippen molar-refractivity contribution in [3.63, 3.8) is 0 Å². The summed E-state index contributed by atoms with van der Waals surface area (Å²) in [7, 11) is 3.73. The number of aryl methyl sites for hydroxylation is 1. The Hall–Kier alpha value is -1.29. The van der Waals surface area contributed by atoms with Crippen LogP contribution in [0, 0.1) is 20.8 Å². The monoisotopic (exact) mass is 308 g/mol. The van der Waals surface area contributed by atoms with Gasteiger partial charge in [-0.1, -0.05) is 0 Å². The lowest BCUT2D eigenvalue weighted by atomic mass is 10.0. The molecule has 18 heavy (non-hydrogen) atoms. The number of nitrogens with zero attached hydrogens (tertiary/aromatic N) is 2. The lowest BCUT2D eigenvalue weighted by Crippen LogP contribution is -1.98. The molecule has 0 aliphatic carbocycles. The number of hydrogen-bond acceptors (Lipinski definition) is 2. The van der Waals surface area contributed by atoms with Crippen molar-refractivity contribution >= 4 is 15.9 Å². The van der Waals surface area contributed by atoms with Gasteiger partial charge in [-0.3, -0.25) is 0 Å². The Balaban J connectivity index is 2.69. The molecule has 0 atom stereocenters. The molecule has 0 aliphatic rings. The standard InChI is InChI=1S/C14H17BrN2O/c1-8-9(2)12(18-5)7-6-11(8)13-14(15)16-10(3)17(13)4/h6-7H,1-5H3. The van der Waals surface area contributed by atoms with Gasteiger partial charge in [0.15, 0.2) is 0 Å². The number of rotatable bonds is 2. The van der Waals surface area contributed by atoms with E-state index in [4.69, 9.17) is 4.74 Å². The third-order valence-corrected chi connectivity index (χ3v) is 4.04. The minimum absolute atomic E-state index is 0.884. The lowest BCUT2D eigenvalue weighted by molar-refractivity contribution is 0.411. The van der Waals surface area contributed by atoms with Crippen LogP contribution >= 0.6 is 15.9 Å². The average Bonchev–Trinajstić information content (AvgIpc) is 2.58. The SMILES string of the molecule is COc1ccc(-c2c(Br)nc(C)n2C)c(C)c1C. The Morgan fingerprint density at radius 2 is 1.83 bits per heavy atom. The van der Waals surface area contributed by atoms with Gasteiger partial charge < -0.3 is 9.30 Å². The molecule has 3 nitrogen and oxygen atoms in total. The quantitative estimate of drug-likeness (QED) is 0.844. The van der Waals surface area contributed by atoms with Crippen molar-refractivity contribution in [2.75, 3.05) is 7.11 Å². The van der Waals surface area contributed by atoms with E-state index in [0.29, 0.717) is 0 Å². The molecule has 1 aromatic carbocycles. The first-order valence-corrected chi connectivity index (χ1v) is 6.60.